The zero-order valence-electron chi connectivity index (χ0n) is 16.0. The molecule has 10 nitrogen and oxygen atoms in total. The van der Waals surface area contributed by atoms with Gasteiger partial charge in [-0.25, -0.2) is 18.4 Å². The lowest BCUT2D eigenvalue weighted by Crippen LogP contribution is -2.46. The zero-order chi connectivity index (χ0) is 21.1. The third-order valence-corrected chi connectivity index (χ3v) is 6.28. The molecule has 1 aromatic carbocycles. The first-order valence-electron chi connectivity index (χ1n) is 9.46. The lowest BCUT2D eigenvalue weighted by Gasteiger charge is -2.37. The smallest absolute Gasteiger partial charge is 0.407 e. The van der Waals surface area contributed by atoms with Crippen LogP contribution < -0.4 is 15.2 Å². The maximum Gasteiger partial charge on any atom is 0.407 e. The monoisotopic (exact) mass is 429 g/mol. The molecule has 0 aromatic heterocycles. The van der Waals surface area contributed by atoms with Crippen LogP contribution in [0.3, 0.4) is 0 Å². The summed E-state index contributed by atoms with van der Waals surface area (Å²) in [5, 5.41) is 27.6. The van der Waals surface area contributed by atoms with Crippen LogP contribution in [0.2, 0.25) is 0 Å². The molecule has 1 spiro atoms. The van der Waals surface area contributed by atoms with Crippen LogP contribution in [-0.2, 0) is 14.8 Å². The van der Waals surface area contributed by atoms with Gasteiger partial charge in [0.15, 0.2) is 0 Å². The van der Waals surface area contributed by atoms with Crippen LogP contribution in [0.4, 0.5) is 4.79 Å². The van der Waals surface area contributed by atoms with E-state index in [1.54, 1.807) is 6.07 Å². The number of primary sulfonamides is 1. The second-order valence-electron chi connectivity index (χ2n) is 7.56. The molecular formula is C18H27N3O7S. The highest BCUT2D eigenvalue weighted by atomic mass is 32.2. The minimum Gasteiger partial charge on any atom is -0.491 e. The molecule has 29 heavy (non-hydrogen) atoms. The predicted octanol–water partition coefficient (Wildman–Crippen LogP) is -0.0352. The molecule has 2 aliphatic rings. The number of carbonyl (C=O) groups is 1. The number of nitrogens with one attached hydrogen (secondary N) is 1. The highest BCUT2D eigenvalue weighted by Crippen LogP contribution is 2.35. The van der Waals surface area contributed by atoms with Gasteiger partial charge in [-0.05, 0) is 31.4 Å². The fourth-order valence-corrected chi connectivity index (χ4v) is 4.27. The number of carboxylic acid groups (broad SMARTS) is 1. The maximum absolute atomic E-state index is 11.4. The van der Waals surface area contributed by atoms with Crippen molar-refractivity contribution in [3.05, 3.63) is 24.3 Å². The van der Waals surface area contributed by atoms with E-state index < -0.39 is 22.2 Å². The molecule has 1 aromatic rings. The number of ether oxygens (including phenoxy) is 2. The second kappa shape index (κ2) is 8.84. The van der Waals surface area contributed by atoms with Gasteiger partial charge in [0.05, 0.1) is 17.1 Å². The lowest BCUT2D eigenvalue weighted by molar-refractivity contribution is -0.0395. The fourth-order valence-electron chi connectivity index (χ4n) is 3.72. The lowest BCUT2D eigenvalue weighted by atomic mass is 9.87. The summed E-state index contributed by atoms with van der Waals surface area (Å²) in [5.74, 6) is 0.309. The number of piperidine rings is 1. The van der Waals surface area contributed by atoms with Gasteiger partial charge < -0.3 is 29.9 Å². The van der Waals surface area contributed by atoms with Crippen molar-refractivity contribution in [2.75, 3.05) is 32.8 Å². The van der Waals surface area contributed by atoms with Crippen molar-refractivity contribution in [2.24, 2.45) is 5.14 Å². The summed E-state index contributed by atoms with van der Waals surface area (Å²) in [6, 6.07) is 5.87. The Kier molecular flexibility index (Phi) is 6.64. The van der Waals surface area contributed by atoms with Gasteiger partial charge in [0.1, 0.15) is 18.5 Å². The molecule has 5 N–H and O–H groups in total. The molecule has 0 unspecified atom stereocenters. The number of hydrogen-bond acceptors (Lipinski definition) is 7. The van der Waals surface area contributed by atoms with Crippen molar-refractivity contribution in [2.45, 2.75) is 41.9 Å². The Hall–Kier alpha value is -1.92. The molecule has 2 heterocycles. The number of likely N-dealkylation sites (tertiary alicyclic amines) is 1. The largest absolute Gasteiger partial charge is 0.491 e. The van der Waals surface area contributed by atoms with E-state index >= 15 is 0 Å². The molecule has 0 radical (unpaired) electrons. The molecule has 0 saturated carbocycles. The second-order valence-corrected chi connectivity index (χ2v) is 9.12. The van der Waals surface area contributed by atoms with E-state index in [0.29, 0.717) is 44.8 Å². The average molecular weight is 429 g/mol. The summed E-state index contributed by atoms with van der Waals surface area (Å²) in [7, 11) is -3.81. The van der Waals surface area contributed by atoms with Crippen LogP contribution in [0.5, 0.6) is 5.75 Å². The number of sulfonamides is 1. The number of aliphatic hydroxyl groups is 1. The number of hydrogen-bond donors (Lipinski definition) is 4. The topological polar surface area (TPSA) is 151 Å². The molecule has 3 rings (SSSR count). The number of rotatable bonds is 7. The Balaban J connectivity index is 1.40. The summed E-state index contributed by atoms with van der Waals surface area (Å²) in [6.07, 6.45) is 0.418. The van der Waals surface area contributed by atoms with Crippen LogP contribution in [0.25, 0.3) is 0 Å². The molecule has 11 heteroatoms. The molecule has 1 amide bonds. The summed E-state index contributed by atoms with van der Waals surface area (Å²) in [5.41, 5.74) is -0.292. The predicted molar refractivity (Wildman–Crippen MR) is 103 cm³/mol. The standard InChI is InChI=1S/C18H27N3O7S/c19-29(25,26)16-3-1-2-15(8-16)27-12-14(22)10-20-13-9-18(28-11-13)4-6-21(7-5-18)17(23)24/h1-3,8,13-14,20,22H,4-7,9-12H2,(H,23,24)(H2,19,25,26)/t13-,14+/m1/s1. The van der Waals surface area contributed by atoms with E-state index in [2.05, 4.69) is 5.32 Å². The maximum atomic E-state index is 11.4. The average Bonchev–Trinajstić information content (AvgIpc) is 3.07. The van der Waals surface area contributed by atoms with E-state index in [1.165, 1.54) is 23.1 Å². The molecule has 2 aliphatic heterocycles. The zero-order valence-corrected chi connectivity index (χ0v) is 16.8. The van der Waals surface area contributed by atoms with Crippen molar-refractivity contribution < 1.29 is 32.9 Å². The number of amides is 1. The number of nitrogens with zero attached hydrogens (tertiary/aromatic N) is 1. The number of nitrogens with two attached hydrogens (primary N) is 1. The molecular weight excluding hydrogens is 402 g/mol. The first-order chi connectivity index (χ1) is 13.7. The summed E-state index contributed by atoms with van der Waals surface area (Å²) < 4.78 is 34.2. The molecule has 2 saturated heterocycles. The quantitative estimate of drug-likeness (QED) is 0.471. The molecule has 2 atom stereocenters. The Bertz CT molecular complexity index is 824. The molecule has 162 valence electrons. The minimum atomic E-state index is -3.81. The van der Waals surface area contributed by atoms with Crippen molar-refractivity contribution in [1.82, 2.24) is 10.2 Å². The van der Waals surface area contributed by atoms with Gasteiger partial charge in [-0.2, -0.15) is 0 Å². The van der Waals surface area contributed by atoms with Crippen LogP contribution in [0.1, 0.15) is 19.3 Å². The third-order valence-electron chi connectivity index (χ3n) is 5.37. The number of aliphatic hydroxyl groups excluding tert-OH is 1. The highest BCUT2D eigenvalue weighted by Gasteiger charge is 2.43. The van der Waals surface area contributed by atoms with Crippen LogP contribution >= 0.6 is 0 Å². The van der Waals surface area contributed by atoms with Crippen LogP contribution in [0.15, 0.2) is 29.2 Å². The fraction of sp³-hybridized carbons (Fsp3) is 0.611. The van der Waals surface area contributed by atoms with E-state index in [9.17, 15) is 18.3 Å². The van der Waals surface area contributed by atoms with Crippen LogP contribution in [0, 0.1) is 0 Å². The van der Waals surface area contributed by atoms with E-state index in [0.717, 1.165) is 6.42 Å². The van der Waals surface area contributed by atoms with Crippen LogP contribution in [-0.4, -0.2) is 80.2 Å². The molecule has 0 bridgehead atoms. The van der Waals surface area contributed by atoms with Crippen molar-refractivity contribution >= 4 is 16.1 Å². The van der Waals surface area contributed by atoms with Crippen molar-refractivity contribution in [3.8, 4) is 5.75 Å². The van der Waals surface area contributed by atoms with Gasteiger partial charge in [-0.1, -0.05) is 6.07 Å². The van der Waals surface area contributed by atoms with Gasteiger partial charge in [-0.15, -0.1) is 0 Å². The molecule has 0 aliphatic carbocycles. The first kappa shape index (κ1) is 21.8. The van der Waals surface area contributed by atoms with Gasteiger partial charge in [0.25, 0.3) is 0 Å². The summed E-state index contributed by atoms with van der Waals surface area (Å²) in [4.78, 5) is 12.4. The van der Waals surface area contributed by atoms with Gasteiger partial charge >= 0.3 is 6.09 Å². The SMILES string of the molecule is NS(=O)(=O)c1cccc(OC[C@@H](O)CN[C@H]2COC3(CCN(C(=O)O)CC3)C2)c1. The first-order valence-corrected chi connectivity index (χ1v) is 11.0. The Labute approximate surface area is 169 Å². The Morgan fingerprint density at radius 2 is 2.14 bits per heavy atom. The Morgan fingerprint density at radius 3 is 2.79 bits per heavy atom. The summed E-state index contributed by atoms with van der Waals surface area (Å²) >= 11 is 0. The van der Waals surface area contributed by atoms with Crippen molar-refractivity contribution in [3.63, 3.8) is 0 Å². The van der Waals surface area contributed by atoms with E-state index in [1.807, 2.05) is 0 Å². The Morgan fingerprint density at radius 1 is 1.41 bits per heavy atom. The summed E-state index contributed by atoms with van der Waals surface area (Å²) in [6.45, 7) is 1.73. The van der Waals surface area contributed by atoms with E-state index in [-0.39, 0.29) is 23.1 Å². The normalized spacial score (nSPS) is 22.6. The minimum absolute atomic E-state index is 0.00658. The van der Waals surface area contributed by atoms with Crippen molar-refractivity contribution in [1.29, 1.82) is 0 Å². The van der Waals surface area contributed by atoms with E-state index in [4.69, 9.17) is 19.7 Å². The van der Waals surface area contributed by atoms with Gasteiger partial charge in [-0.3, -0.25) is 0 Å². The molecule has 2 fully saturated rings. The number of benzene rings is 1. The third kappa shape index (κ3) is 5.80. The highest BCUT2D eigenvalue weighted by molar-refractivity contribution is 7.89. The van der Waals surface area contributed by atoms with Gasteiger partial charge in [0, 0.05) is 31.7 Å². The van der Waals surface area contributed by atoms with Gasteiger partial charge in [0.2, 0.25) is 10.0 Å².